The highest BCUT2D eigenvalue weighted by molar-refractivity contribution is 6.08. The lowest BCUT2D eigenvalue weighted by Gasteiger charge is -2.04. The molecule has 2 rings (SSSR count). The molecular formula is C13H15NO2. The molecule has 0 saturated carbocycles. The van der Waals surface area contributed by atoms with Gasteiger partial charge < -0.3 is 10.8 Å². The molecule has 0 unspecified atom stereocenters. The highest BCUT2D eigenvalue weighted by Crippen LogP contribution is 2.26. The average molecular weight is 217 g/mol. The normalized spacial score (nSPS) is 9.38. The first-order valence-electron chi connectivity index (χ1n) is 5.20. The zero-order valence-corrected chi connectivity index (χ0v) is 9.40. The third-order valence-corrected chi connectivity index (χ3v) is 2.15. The van der Waals surface area contributed by atoms with E-state index in [9.17, 15) is 9.90 Å². The van der Waals surface area contributed by atoms with Crippen LogP contribution >= 0.6 is 0 Å². The maximum atomic E-state index is 11.1. The maximum absolute atomic E-state index is 11.1. The lowest BCUT2D eigenvalue weighted by molar-refractivity contribution is 0.0999. The van der Waals surface area contributed by atoms with Crippen LogP contribution in [-0.4, -0.2) is 11.0 Å². The van der Waals surface area contributed by atoms with Crippen LogP contribution in [0.15, 0.2) is 36.4 Å². The number of fused-ring (bicyclic) bond motifs is 1. The highest BCUT2D eigenvalue weighted by atomic mass is 16.3. The number of carbonyl (C=O) groups excluding carboxylic acids is 1. The van der Waals surface area contributed by atoms with Gasteiger partial charge in [0.05, 0.1) is 5.56 Å². The quantitative estimate of drug-likeness (QED) is 0.771. The number of nitrogens with two attached hydrogens (primary N) is 1. The largest absolute Gasteiger partial charge is 0.507 e. The van der Waals surface area contributed by atoms with Crippen LogP contribution in [0.1, 0.15) is 24.2 Å². The van der Waals surface area contributed by atoms with Crippen molar-refractivity contribution in [2.24, 2.45) is 5.73 Å². The van der Waals surface area contributed by atoms with Crippen LogP contribution in [-0.2, 0) is 0 Å². The Balaban J connectivity index is 0.000000606. The van der Waals surface area contributed by atoms with E-state index in [1.54, 1.807) is 18.2 Å². The van der Waals surface area contributed by atoms with Gasteiger partial charge in [-0.15, -0.1) is 0 Å². The molecule has 0 bridgehead atoms. The smallest absolute Gasteiger partial charge is 0.253 e. The number of hydrogen-bond acceptors (Lipinski definition) is 2. The second kappa shape index (κ2) is 5.16. The van der Waals surface area contributed by atoms with Gasteiger partial charge in [0.1, 0.15) is 5.75 Å². The minimum Gasteiger partial charge on any atom is -0.507 e. The molecule has 3 nitrogen and oxygen atoms in total. The third kappa shape index (κ3) is 2.14. The molecule has 0 fully saturated rings. The van der Waals surface area contributed by atoms with Gasteiger partial charge in [-0.25, -0.2) is 0 Å². The van der Waals surface area contributed by atoms with Crippen molar-refractivity contribution in [3.63, 3.8) is 0 Å². The van der Waals surface area contributed by atoms with Crippen LogP contribution in [0.4, 0.5) is 0 Å². The minimum absolute atomic E-state index is 0.0730. The number of hydrogen-bond donors (Lipinski definition) is 2. The summed E-state index contributed by atoms with van der Waals surface area (Å²) in [7, 11) is 0. The Labute approximate surface area is 94.5 Å². The van der Waals surface area contributed by atoms with Crippen molar-refractivity contribution in [3.8, 4) is 5.75 Å². The molecule has 84 valence electrons. The lowest BCUT2D eigenvalue weighted by atomic mass is 10.0. The Morgan fingerprint density at radius 3 is 2.38 bits per heavy atom. The number of benzene rings is 2. The van der Waals surface area contributed by atoms with Gasteiger partial charge in [0, 0.05) is 0 Å². The summed E-state index contributed by atoms with van der Waals surface area (Å²) in [5.41, 5.74) is 5.37. The molecule has 0 atom stereocenters. The van der Waals surface area contributed by atoms with Crippen molar-refractivity contribution < 1.29 is 9.90 Å². The number of primary amides is 1. The second-order valence-corrected chi connectivity index (χ2v) is 3.05. The van der Waals surface area contributed by atoms with Gasteiger partial charge in [0.2, 0.25) is 0 Å². The highest BCUT2D eigenvalue weighted by Gasteiger charge is 2.10. The molecule has 16 heavy (non-hydrogen) atoms. The fourth-order valence-corrected chi connectivity index (χ4v) is 1.52. The number of rotatable bonds is 1. The topological polar surface area (TPSA) is 63.3 Å². The number of phenols is 1. The number of amides is 1. The van der Waals surface area contributed by atoms with Gasteiger partial charge in [0.25, 0.3) is 5.91 Å². The van der Waals surface area contributed by atoms with E-state index in [4.69, 9.17) is 5.73 Å². The minimum atomic E-state index is -0.612. The predicted molar refractivity (Wildman–Crippen MR) is 65.5 cm³/mol. The van der Waals surface area contributed by atoms with Crippen molar-refractivity contribution in [3.05, 3.63) is 42.0 Å². The molecule has 0 aliphatic carbocycles. The SMILES string of the molecule is CC.NC(=O)c1c(O)ccc2ccccc12. The number of aromatic hydroxyl groups is 1. The molecule has 3 N–H and O–H groups in total. The molecule has 0 heterocycles. The van der Waals surface area contributed by atoms with Crippen molar-refractivity contribution in [2.75, 3.05) is 0 Å². The molecule has 0 aromatic heterocycles. The van der Waals surface area contributed by atoms with E-state index in [2.05, 4.69) is 0 Å². The molecule has 1 amide bonds. The summed E-state index contributed by atoms with van der Waals surface area (Å²) in [6.45, 7) is 4.00. The Morgan fingerprint density at radius 2 is 1.75 bits per heavy atom. The fourth-order valence-electron chi connectivity index (χ4n) is 1.52. The summed E-state index contributed by atoms with van der Waals surface area (Å²) < 4.78 is 0. The molecule has 0 aliphatic heterocycles. The van der Waals surface area contributed by atoms with E-state index in [1.807, 2.05) is 26.0 Å². The van der Waals surface area contributed by atoms with E-state index >= 15 is 0 Å². The van der Waals surface area contributed by atoms with Crippen LogP contribution in [0.3, 0.4) is 0 Å². The van der Waals surface area contributed by atoms with E-state index in [0.29, 0.717) is 5.39 Å². The Hall–Kier alpha value is -2.03. The zero-order valence-electron chi connectivity index (χ0n) is 9.40. The molecule has 2 aromatic carbocycles. The third-order valence-electron chi connectivity index (χ3n) is 2.15. The van der Waals surface area contributed by atoms with Gasteiger partial charge in [-0.05, 0) is 16.8 Å². The standard InChI is InChI=1S/C11H9NO2.C2H6/c12-11(14)10-8-4-2-1-3-7(8)5-6-9(10)13;1-2/h1-6,13H,(H2,12,14);1-2H3. The fraction of sp³-hybridized carbons (Fsp3) is 0.154. The van der Waals surface area contributed by atoms with E-state index in [-0.39, 0.29) is 11.3 Å². The van der Waals surface area contributed by atoms with Crippen molar-refractivity contribution >= 4 is 16.7 Å². The van der Waals surface area contributed by atoms with Gasteiger partial charge >= 0.3 is 0 Å². The summed E-state index contributed by atoms with van der Waals surface area (Å²) in [6, 6.07) is 10.5. The molecule has 3 heteroatoms. The van der Waals surface area contributed by atoms with E-state index in [0.717, 1.165) is 5.39 Å². The average Bonchev–Trinajstić information content (AvgIpc) is 2.31. The molecule has 2 aromatic rings. The lowest BCUT2D eigenvalue weighted by Crippen LogP contribution is -2.11. The molecule has 0 radical (unpaired) electrons. The summed E-state index contributed by atoms with van der Waals surface area (Å²) in [5, 5.41) is 11.0. The first-order chi connectivity index (χ1) is 7.70. The Bertz CT molecular complexity index is 506. The first-order valence-corrected chi connectivity index (χ1v) is 5.20. The second-order valence-electron chi connectivity index (χ2n) is 3.05. The summed E-state index contributed by atoms with van der Waals surface area (Å²) in [4.78, 5) is 11.1. The summed E-state index contributed by atoms with van der Waals surface area (Å²) >= 11 is 0. The Kier molecular flexibility index (Phi) is 3.89. The first kappa shape index (κ1) is 12.0. The van der Waals surface area contributed by atoms with Crippen LogP contribution in [0.25, 0.3) is 10.8 Å². The molecular weight excluding hydrogens is 202 g/mol. The van der Waals surface area contributed by atoms with Gasteiger partial charge in [-0.2, -0.15) is 0 Å². The monoisotopic (exact) mass is 217 g/mol. The molecule has 0 saturated heterocycles. The Morgan fingerprint density at radius 1 is 1.12 bits per heavy atom. The van der Waals surface area contributed by atoms with Crippen molar-refractivity contribution in [2.45, 2.75) is 13.8 Å². The van der Waals surface area contributed by atoms with Crippen molar-refractivity contribution in [1.82, 2.24) is 0 Å². The van der Waals surface area contributed by atoms with E-state index in [1.165, 1.54) is 6.07 Å². The number of carbonyl (C=O) groups is 1. The molecule has 0 aliphatic rings. The molecule has 0 spiro atoms. The maximum Gasteiger partial charge on any atom is 0.253 e. The van der Waals surface area contributed by atoms with Crippen LogP contribution < -0.4 is 5.73 Å². The predicted octanol–water partition coefficient (Wildman–Crippen LogP) is 2.67. The van der Waals surface area contributed by atoms with Gasteiger partial charge in [-0.3, -0.25) is 4.79 Å². The van der Waals surface area contributed by atoms with E-state index < -0.39 is 5.91 Å². The van der Waals surface area contributed by atoms with Crippen LogP contribution in [0.2, 0.25) is 0 Å². The zero-order chi connectivity index (χ0) is 12.1. The van der Waals surface area contributed by atoms with Crippen molar-refractivity contribution in [1.29, 1.82) is 0 Å². The van der Waals surface area contributed by atoms with Crippen LogP contribution in [0.5, 0.6) is 5.75 Å². The van der Waals surface area contributed by atoms with Gasteiger partial charge in [-0.1, -0.05) is 44.2 Å². The summed E-state index contributed by atoms with van der Waals surface area (Å²) in [6.07, 6.45) is 0. The van der Waals surface area contributed by atoms with Gasteiger partial charge in [0.15, 0.2) is 0 Å². The summed E-state index contributed by atoms with van der Waals surface area (Å²) in [5.74, 6) is -0.685. The van der Waals surface area contributed by atoms with Crippen LogP contribution in [0, 0.1) is 0 Å².